The number of nitrogens with zero attached hydrogens (tertiary/aromatic N) is 2. The minimum Gasteiger partial charge on any atom is -0.481 e. The van der Waals surface area contributed by atoms with Gasteiger partial charge in [-0.25, -0.2) is 9.48 Å². The van der Waals surface area contributed by atoms with Gasteiger partial charge in [-0.2, -0.15) is 5.10 Å². The quantitative estimate of drug-likeness (QED) is 0.942. The van der Waals surface area contributed by atoms with Crippen LogP contribution < -0.4 is 4.74 Å². The Kier molecular flexibility index (Phi) is 3.66. The van der Waals surface area contributed by atoms with Gasteiger partial charge in [0, 0.05) is 4.47 Å². The second-order valence-electron chi connectivity index (χ2n) is 3.66. The van der Waals surface area contributed by atoms with Crippen LogP contribution in [0.2, 0.25) is 0 Å². The average molecular weight is 311 g/mol. The number of carboxylic acids is 1. The molecule has 1 N–H and O–H groups in total. The molecular formula is C12H11BrN2O3. The van der Waals surface area contributed by atoms with Crippen molar-refractivity contribution >= 4 is 21.9 Å². The molecule has 0 aliphatic carbocycles. The molecule has 0 bridgehead atoms. The maximum absolute atomic E-state index is 11.0. The SMILES string of the molecule is COc1c(C(=O)O)cnn1Cc1ccc(Br)cc1. The summed E-state index contributed by atoms with van der Waals surface area (Å²) >= 11 is 3.36. The van der Waals surface area contributed by atoms with Crippen LogP contribution in [0.1, 0.15) is 15.9 Å². The van der Waals surface area contributed by atoms with Crippen LogP contribution in [0.15, 0.2) is 34.9 Å². The first-order valence-corrected chi connectivity index (χ1v) is 5.98. The maximum atomic E-state index is 11.0. The van der Waals surface area contributed by atoms with Gasteiger partial charge in [0.15, 0.2) is 0 Å². The predicted octanol–water partition coefficient (Wildman–Crippen LogP) is 2.40. The Bertz CT molecular complexity index is 563. The molecule has 0 saturated heterocycles. The summed E-state index contributed by atoms with van der Waals surface area (Å²) in [7, 11) is 1.43. The predicted molar refractivity (Wildman–Crippen MR) is 69.0 cm³/mol. The largest absolute Gasteiger partial charge is 0.481 e. The molecular weight excluding hydrogens is 300 g/mol. The lowest BCUT2D eigenvalue weighted by Gasteiger charge is -2.07. The highest BCUT2D eigenvalue weighted by molar-refractivity contribution is 9.10. The molecule has 0 aliphatic rings. The van der Waals surface area contributed by atoms with E-state index < -0.39 is 5.97 Å². The van der Waals surface area contributed by atoms with E-state index in [1.165, 1.54) is 18.0 Å². The number of methoxy groups -OCH3 is 1. The zero-order chi connectivity index (χ0) is 13.1. The van der Waals surface area contributed by atoms with E-state index in [1.54, 1.807) is 0 Å². The summed E-state index contributed by atoms with van der Waals surface area (Å²) < 4.78 is 7.60. The number of benzene rings is 1. The van der Waals surface area contributed by atoms with E-state index in [9.17, 15) is 4.79 Å². The Labute approximate surface area is 112 Å². The number of halogens is 1. The third kappa shape index (κ3) is 2.53. The summed E-state index contributed by atoms with van der Waals surface area (Å²) in [5.41, 5.74) is 1.08. The number of aromatic nitrogens is 2. The van der Waals surface area contributed by atoms with E-state index in [2.05, 4.69) is 21.0 Å². The highest BCUT2D eigenvalue weighted by Crippen LogP contribution is 2.19. The lowest BCUT2D eigenvalue weighted by Crippen LogP contribution is -2.06. The molecule has 0 amide bonds. The molecule has 0 radical (unpaired) electrons. The summed E-state index contributed by atoms with van der Waals surface area (Å²) in [4.78, 5) is 11.0. The topological polar surface area (TPSA) is 64.3 Å². The second-order valence-corrected chi connectivity index (χ2v) is 4.57. The molecule has 1 heterocycles. The third-order valence-electron chi connectivity index (χ3n) is 2.46. The molecule has 1 aromatic heterocycles. The van der Waals surface area contributed by atoms with E-state index in [1.807, 2.05) is 24.3 Å². The maximum Gasteiger partial charge on any atom is 0.342 e. The van der Waals surface area contributed by atoms with Crippen molar-refractivity contribution in [3.05, 3.63) is 46.1 Å². The summed E-state index contributed by atoms with van der Waals surface area (Å²) in [6, 6.07) is 7.71. The molecule has 0 atom stereocenters. The van der Waals surface area contributed by atoms with Crippen LogP contribution in [0, 0.1) is 0 Å². The number of ether oxygens (including phenoxy) is 1. The van der Waals surface area contributed by atoms with Gasteiger partial charge in [0.25, 0.3) is 0 Å². The van der Waals surface area contributed by atoms with Gasteiger partial charge in [-0.1, -0.05) is 28.1 Å². The molecule has 0 unspecified atom stereocenters. The van der Waals surface area contributed by atoms with Gasteiger partial charge in [0.2, 0.25) is 5.88 Å². The zero-order valence-electron chi connectivity index (χ0n) is 9.63. The van der Waals surface area contributed by atoms with Crippen molar-refractivity contribution in [3.63, 3.8) is 0 Å². The van der Waals surface area contributed by atoms with Crippen molar-refractivity contribution < 1.29 is 14.6 Å². The fourth-order valence-corrected chi connectivity index (χ4v) is 1.88. The molecule has 0 saturated carbocycles. The van der Waals surface area contributed by atoms with Crippen molar-refractivity contribution in [1.29, 1.82) is 0 Å². The number of hydrogen-bond donors (Lipinski definition) is 1. The van der Waals surface area contributed by atoms with Gasteiger partial charge in [0.05, 0.1) is 19.9 Å². The van der Waals surface area contributed by atoms with Gasteiger partial charge in [-0.05, 0) is 17.7 Å². The molecule has 5 nitrogen and oxygen atoms in total. The minimum absolute atomic E-state index is 0.0645. The molecule has 94 valence electrons. The summed E-state index contributed by atoms with van der Waals surface area (Å²) in [5.74, 6) is -0.792. The van der Waals surface area contributed by atoms with Crippen molar-refractivity contribution in [1.82, 2.24) is 9.78 Å². The Morgan fingerprint density at radius 2 is 2.11 bits per heavy atom. The van der Waals surface area contributed by atoms with E-state index >= 15 is 0 Å². The normalized spacial score (nSPS) is 10.3. The van der Waals surface area contributed by atoms with Crippen LogP contribution in [0.25, 0.3) is 0 Å². The Balaban J connectivity index is 2.29. The summed E-state index contributed by atoms with van der Waals surface area (Å²) in [6.07, 6.45) is 1.29. The number of carboxylic acid groups (broad SMARTS) is 1. The third-order valence-corrected chi connectivity index (χ3v) is 2.99. The standard InChI is InChI=1S/C12H11BrN2O3/c1-18-11-10(12(16)17)6-14-15(11)7-8-2-4-9(13)5-3-8/h2-6H,7H2,1H3,(H,16,17). The number of carbonyl (C=O) groups is 1. The first kappa shape index (κ1) is 12.6. The highest BCUT2D eigenvalue weighted by atomic mass is 79.9. The summed E-state index contributed by atoms with van der Waals surface area (Å²) in [6.45, 7) is 0.462. The molecule has 0 fully saturated rings. The summed E-state index contributed by atoms with van der Waals surface area (Å²) in [5, 5.41) is 13.0. The Hall–Kier alpha value is -1.82. The van der Waals surface area contributed by atoms with Crippen LogP contribution in [0.4, 0.5) is 0 Å². The smallest absolute Gasteiger partial charge is 0.342 e. The van der Waals surface area contributed by atoms with Gasteiger partial charge in [0.1, 0.15) is 5.56 Å². The molecule has 1 aromatic carbocycles. The number of aromatic carboxylic acids is 1. The van der Waals surface area contributed by atoms with Crippen LogP contribution in [0.3, 0.4) is 0 Å². The fourth-order valence-electron chi connectivity index (χ4n) is 1.61. The molecule has 18 heavy (non-hydrogen) atoms. The lowest BCUT2D eigenvalue weighted by molar-refractivity contribution is 0.0693. The van der Waals surface area contributed by atoms with E-state index in [0.717, 1.165) is 10.0 Å². The Morgan fingerprint density at radius 1 is 1.44 bits per heavy atom. The lowest BCUT2D eigenvalue weighted by atomic mass is 10.2. The van der Waals surface area contributed by atoms with Gasteiger partial charge in [-0.15, -0.1) is 0 Å². The van der Waals surface area contributed by atoms with Gasteiger partial charge >= 0.3 is 5.97 Å². The van der Waals surface area contributed by atoms with Crippen molar-refractivity contribution in [2.45, 2.75) is 6.54 Å². The highest BCUT2D eigenvalue weighted by Gasteiger charge is 2.17. The van der Waals surface area contributed by atoms with Crippen molar-refractivity contribution in [3.8, 4) is 5.88 Å². The average Bonchev–Trinajstić information content (AvgIpc) is 2.75. The molecule has 2 aromatic rings. The number of hydrogen-bond acceptors (Lipinski definition) is 3. The molecule has 6 heteroatoms. The van der Waals surface area contributed by atoms with E-state index in [0.29, 0.717) is 6.54 Å². The van der Waals surface area contributed by atoms with Gasteiger partial charge < -0.3 is 9.84 Å². The minimum atomic E-state index is -1.05. The number of rotatable bonds is 4. The van der Waals surface area contributed by atoms with Crippen LogP contribution in [-0.2, 0) is 6.54 Å². The van der Waals surface area contributed by atoms with Crippen molar-refractivity contribution in [2.75, 3.05) is 7.11 Å². The van der Waals surface area contributed by atoms with Crippen LogP contribution >= 0.6 is 15.9 Å². The fraction of sp³-hybridized carbons (Fsp3) is 0.167. The Morgan fingerprint density at radius 3 is 2.67 bits per heavy atom. The first-order valence-electron chi connectivity index (χ1n) is 5.19. The van der Waals surface area contributed by atoms with Crippen LogP contribution in [0.5, 0.6) is 5.88 Å². The molecule has 0 spiro atoms. The first-order chi connectivity index (χ1) is 8.61. The monoisotopic (exact) mass is 310 g/mol. The van der Waals surface area contributed by atoms with Crippen LogP contribution in [-0.4, -0.2) is 28.0 Å². The van der Waals surface area contributed by atoms with E-state index in [-0.39, 0.29) is 11.4 Å². The van der Waals surface area contributed by atoms with E-state index in [4.69, 9.17) is 9.84 Å². The zero-order valence-corrected chi connectivity index (χ0v) is 11.2. The van der Waals surface area contributed by atoms with Crippen molar-refractivity contribution in [2.24, 2.45) is 0 Å². The molecule has 2 rings (SSSR count). The van der Waals surface area contributed by atoms with Gasteiger partial charge in [-0.3, -0.25) is 0 Å². The second kappa shape index (κ2) is 5.22. The molecule has 0 aliphatic heterocycles.